The van der Waals surface area contributed by atoms with Crippen LogP contribution in [-0.4, -0.2) is 4.57 Å². The van der Waals surface area contributed by atoms with Crippen LogP contribution in [0.25, 0.3) is 71.3 Å². The summed E-state index contributed by atoms with van der Waals surface area (Å²) in [5.74, 6) is 0. The van der Waals surface area contributed by atoms with Crippen LogP contribution in [0, 0.1) is 0 Å². The zero-order chi connectivity index (χ0) is 34.4. The molecule has 0 aliphatic carbocycles. The minimum atomic E-state index is 1.10. The summed E-state index contributed by atoms with van der Waals surface area (Å²) in [6, 6.07) is 74.6. The maximum Gasteiger partial charge on any atom is 0.0562 e. The molecule has 244 valence electrons. The van der Waals surface area contributed by atoms with Gasteiger partial charge in [-0.15, -0.1) is 0 Å². The van der Waals surface area contributed by atoms with Crippen LogP contribution in [0.15, 0.2) is 206 Å². The second-order valence-electron chi connectivity index (χ2n) is 13.4. The van der Waals surface area contributed by atoms with Crippen LogP contribution in [0.1, 0.15) is 0 Å². The Morgan fingerprint density at radius 2 is 0.885 bits per heavy atom. The molecule has 0 radical (unpaired) electrons. The molecule has 10 aromatic rings. The number of para-hydroxylation sites is 1. The molecule has 0 spiro atoms. The van der Waals surface area contributed by atoms with Crippen molar-refractivity contribution in [1.29, 1.82) is 0 Å². The first kappa shape index (κ1) is 30.0. The van der Waals surface area contributed by atoms with Crippen molar-refractivity contribution in [3.05, 3.63) is 206 Å². The fraction of sp³-hybridized carbons (Fsp3) is 0. The standard InChI is InChI=1S/C50H34N2/c1-3-12-35(13-4-1)36-22-27-41(28-23-36)51(42-29-24-39(25-30-42)45-21-11-16-37-14-7-9-19-44(37)45)43-31-32-47-49(34-43)52(40-17-5-2-6-18-40)48-33-26-38-15-8-10-20-46(38)50(47)48/h1-34H. The first-order chi connectivity index (χ1) is 25.8. The second kappa shape index (κ2) is 12.5. The molecule has 0 aliphatic heterocycles. The summed E-state index contributed by atoms with van der Waals surface area (Å²) >= 11 is 0. The Morgan fingerprint density at radius 1 is 0.327 bits per heavy atom. The molecular weight excluding hydrogens is 629 g/mol. The smallest absolute Gasteiger partial charge is 0.0562 e. The first-order valence-corrected chi connectivity index (χ1v) is 17.9. The van der Waals surface area contributed by atoms with Gasteiger partial charge in [0.15, 0.2) is 0 Å². The molecule has 1 heterocycles. The number of hydrogen-bond donors (Lipinski definition) is 0. The number of aromatic nitrogens is 1. The third-order valence-electron chi connectivity index (χ3n) is 10.4. The zero-order valence-electron chi connectivity index (χ0n) is 28.5. The molecule has 10 rings (SSSR count). The minimum Gasteiger partial charge on any atom is -0.310 e. The quantitative estimate of drug-likeness (QED) is 0.172. The third kappa shape index (κ3) is 5.04. The van der Waals surface area contributed by atoms with E-state index in [1.165, 1.54) is 65.6 Å². The monoisotopic (exact) mass is 662 g/mol. The molecule has 2 heteroatoms. The summed E-state index contributed by atoms with van der Waals surface area (Å²) in [4.78, 5) is 2.38. The van der Waals surface area contributed by atoms with E-state index < -0.39 is 0 Å². The topological polar surface area (TPSA) is 8.17 Å². The molecule has 0 atom stereocenters. The van der Waals surface area contributed by atoms with E-state index in [1.54, 1.807) is 0 Å². The molecule has 2 nitrogen and oxygen atoms in total. The van der Waals surface area contributed by atoms with Crippen molar-refractivity contribution in [3.63, 3.8) is 0 Å². The average Bonchev–Trinajstić information content (AvgIpc) is 3.56. The number of anilines is 3. The number of benzene rings is 9. The molecule has 0 saturated carbocycles. The van der Waals surface area contributed by atoms with Gasteiger partial charge in [-0.1, -0.05) is 152 Å². The summed E-state index contributed by atoms with van der Waals surface area (Å²) in [6.45, 7) is 0. The first-order valence-electron chi connectivity index (χ1n) is 17.9. The molecule has 0 fully saturated rings. The van der Waals surface area contributed by atoms with Crippen LogP contribution in [-0.2, 0) is 0 Å². The van der Waals surface area contributed by atoms with E-state index in [0.29, 0.717) is 0 Å². The van der Waals surface area contributed by atoms with Crippen molar-refractivity contribution >= 4 is 60.4 Å². The van der Waals surface area contributed by atoms with Gasteiger partial charge < -0.3 is 9.47 Å². The van der Waals surface area contributed by atoms with Gasteiger partial charge in [0, 0.05) is 33.5 Å². The minimum absolute atomic E-state index is 1.10. The van der Waals surface area contributed by atoms with Gasteiger partial charge in [-0.2, -0.15) is 0 Å². The summed E-state index contributed by atoms with van der Waals surface area (Å²) < 4.78 is 2.42. The van der Waals surface area contributed by atoms with E-state index in [1.807, 2.05) is 0 Å². The number of hydrogen-bond acceptors (Lipinski definition) is 1. The summed E-state index contributed by atoms with van der Waals surface area (Å²) in [6.07, 6.45) is 0. The third-order valence-corrected chi connectivity index (χ3v) is 10.4. The Labute approximate surface area is 303 Å². The van der Waals surface area contributed by atoms with Crippen molar-refractivity contribution in [2.24, 2.45) is 0 Å². The van der Waals surface area contributed by atoms with Gasteiger partial charge in [0.05, 0.1) is 11.0 Å². The van der Waals surface area contributed by atoms with E-state index in [9.17, 15) is 0 Å². The van der Waals surface area contributed by atoms with Gasteiger partial charge in [-0.25, -0.2) is 0 Å². The molecular formula is C50H34N2. The lowest BCUT2D eigenvalue weighted by Crippen LogP contribution is -2.10. The van der Waals surface area contributed by atoms with Crippen LogP contribution < -0.4 is 4.90 Å². The fourth-order valence-corrected chi connectivity index (χ4v) is 7.92. The molecule has 0 saturated heterocycles. The van der Waals surface area contributed by atoms with E-state index in [0.717, 1.165) is 22.7 Å². The lowest BCUT2D eigenvalue weighted by atomic mass is 9.98. The normalized spacial score (nSPS) is 11.5. The van der Waals surface area contributed by atoms with Crippen LogP contribution in [0.4, 0.5) is 17.1 Å². The van der Waals surface area contributed by atoms with Crippen molar-refractivity contribution in [1.82, 2.24) is 4.57 Å². The number of rotatable bonds is 6. The van der Waals surface area contributed by atoms with Gasteiger partial charge in [0.1, 0.15) is 0 Å². The Bertz CT molecular complexity index is 2860. The highest BCUT2D eigenvalue weighted by Gasteiger charge is 2.19. The molecule has 0 bridgehead atoms. The largest absolute Gasteiger partial charge is 0.310 e. The second-order valence-corrected chi connectivity index (χ2v) is 13.4. The van der Waals surface area contributed by atoms with E-state index in [2.05, 4.69) is 216 Å². The Hall–Kier alpha value is -6.90. The summed E-state index contributed by atoms with van der Waals surface area (Å²) in [5, 5.41) is 7.55. The predicted octanol–water partition coefficient (Wildman–Crippen LogP) is 13.9. The van der Waals surface area contributed by atoms with E-state index in [-0.39, 0.29) is 0 Å². The van der Waals surface area contributed by atoms with Crippen molar-refractivity contribution in [3.8, 4) is 27.9 Å². The van der Waals surface area contributed by atoms with Crippen LogP contribution in [0.5, 0.6) is 0 Å². The van der Waals surface area contributed by atoms with E-state index >= 15 is 0 Å². The molecule has 0 N–H and O–H groups in total. The van der Waals surface area contributed by atoms with E-state index in [4.69, 9.17) is 0 Å². The van der Waals surface area contributed by atoms with Crippen molar-refractivity contribution < 1.29 is 0 Å². The summed E-state index contributed by atoms with van der Waals surface area (Å²) in [5.41, 5.74) is 11.7. The molecule has 0 unspecified atom stereocenters. The van der Waals surface area contributed by atoms with Gasteiger partial charge in [0.25, 0.3) is 0 Å². The molecule has 1 aromatic heterocycles. The zero-order valence-corrected chi connectivity index (χ0v) is 28.5. The Kier molecular flexibility index (Phi) is 7.18. The molecule has 9 aromatic carbocycles. The van der Waals surface area contributed by atoms with Crippen LogP contribution in [0.2, 0.25) is 0 Å². The van der Waals surface area contributed by atoms with Crippen molar-refractivity contribution in [2.75, 3.05) is 4.90 Å². The number of nitrogens with zero attached hydrogens (tertiary/aromatic N) is 2. The average molecular weight is 663 g/mol. The molecule has 0 amide bonds. The predicted molar refractivity (Wildman–Crippen MR) is 221 cm³/mol. The highest BCUT2D eigenvalue weighted by Crippen LogP contribution is 2.42. The highest BCUT2D eigenvalue weighted by molar-refractivity contribution is 6.21. The van der Waals surface area contributed by atoms with Gasteiger partial charge >= 0.3 is 0 Å². The fourth-order valence-electron chi connectivity index (χ4n) is 7.92. The maximum atomic E-state index is 2.42. The SMILES string of the molecule is c1ccc(-c2ccc(N(c3ccc(-c4cccc5ccccc45)cc3)c3ccc4c5c6ccccc6ccc5n(-c5ccccc5)c4c3)cc2)cc1. The Morgan fingerprint density at radius 3 is 1.62 bits per heavy atom. The maximum absolute atomic E-state index is 2.42. The summed E-state index contributed by atoms with van der Waals surface area (Å²) in [7, 11) is 0. The number of fused-ring (bicyclic) bond motifs is 6. The molecule has 52 heavy (non-hydrogen) atoms. The van der Waals surface area contributed by atoms with Crippen LogP contribution >= 0.6 is 0 Å². The van der Waals surface area contributed by atoms with Crippen LogP contribution in [0.3, 0.4) is 0 Å². The Balaban J connectivity index is 1.17. The van der Waals surface area contributed by atoms with Gasteiger partial charge in [0.2, 0.25) is 0 Å². The van der Waals surface area contributed by atoms with Crippen molar-refractivity contribution in [2.45, 2.75) is 0 Å². The van der Waals surface area contributed by atoms with Gasteiger partial charge in [-0.05, 0) is 98.4 Å². The lowest BCUT2D eigenvalue weighted by molar-refractivity contribution is 1.18. The highest BCUT2D eigenvalue weighted by atomic mass is 15.1. The molecule has 0 aliphatic rings. The van der Waals surface area contributed by atoms with Gasteiger partial charge in [-0.3, -0.25) is 0 Å². The lowest BCUT2D eigenvalue weighted by Gasteiger charge is -2.26.